The predicted molar refractivity (Wildman–Crippen MR) is 188 cm³/mol. The molecular weight excluding hydrogens is 512 g/mol. The molecule has 0 aliphatic carbocycles. The van der Waals surface area contributed by atoms with E-state index in [0.717, 1.165) is 69.1 Å². The first kappa shape index (κ1) is 39.9. The molecular formula is C40H68O2. The SMILES string of the molecule is CC/C=C\C/C=C\C/C=C\C/C=C\C/C=C/CCCC(=O)OC/C=C(/C)CCC[C@H](C)CCC[C@H](C)CCCC(C)C. The van der Waals surface area contributed by atoms with Gasteiger partial charge in [-0.3, -0.25) is 4.79 Å². The van der Waals surface area contributed by atoms with E-state index >= 15 is 0 Å². The Bertz CT molecular complexity index is 792. The molecule has 0 radical (unpaired) electrons. The largest absolute Gasteiger partial charge is 0.461 e. The van der Waals surface area contributed by atoms with Crippen molar-refractivity contribution in [1.29, 1.82) is 0 Å². The van der Waals surface area contributed by atoms with Crippen LogP contribution < -0.4 is 0 Å². The highest BCUT2D eigenvalue weighted by Crippen LogP contribution is 2.22. The van der Waals surface area contributed by atoms with E-state index in [2.05, 4.69) is 108 Å². The molecule has 0 aliphatic heterocycles. The highest BCUT2D eigenvalue weighted by molar-refractivity contribution is 5.69. The zero-order valence-corrected chi connectivity index (χ0v) is 28.6. The summed E-state index contributed by atoms with van der Waals surface area (Å²) in [7, 11) is 0. The molecule has 0 aliphatic rings. The van der Waals surface area contributed by atoms with Crippen LogP contribution in [0.3, 0.4) is 0 Å². The third kappa shape index (κ3) is 30.9. The smallest absolute Gasteiger partial charge is 0.306 e. The van der Waals surface area contributed by atoms with Crippen molar-refractivity contribution in [3.63, 3.8) is 0 Å². The number of ether oxygens (including phenoxy) is 1. The van der Waals surface area contributed by atoms with Crippen LogP contribution in [0.1, 0.15) is 151 Å². The molecule has 2 nitrogen and oxygen atoms in total. The van der Waals surface area contributed by atoms with Crippen molar-refractivity contribution in [2.45, 2.75) is 151 Å². The average molecular weight is 581 g/mol. The van der Waals surface area contributed by atoms with Crippen molar-refractivity contribution in [2.24, 2.45) is 17.8 Å². The second-order valence-electron chi connectivity index (χ2n) is 12.7. The van der Waals surface area contributed by atoms with Gasteiger partial charge in [0.05, 0.1) is 0 Å². The van der Waals surface area contributed by atoms with Gasteiger partial charge >= 0.3 is 5.97 Å². The lowest BCUT2D eigenvalue weighted by molar-refractivity contribution is -0.142. The molecule has 0 saturated heterocycles. The van der Waals surface area contributed by atoms with Crippen molar-refractivity contribution in [2.75, 3.05) is 6.61 Å². The maximum atomic E-state index is 12.0. The highest BCUT2D eigenvalue weighted by Gasteiger charge is 2.07. The van der Waals surface area contributed by atoms with E-state index < -0.39 is 0 Å². The molecule has 0 saturated carbocycles. The maximum absolute atomic E-state index is 12.0. The summed E-state index contributed by atoms with van der Waals surface area (Å²) in [6.07, 6.45) is 43.4. The van der Waals surface area contributed by atoms with Gasteiger partial charge in [0.2, 0.25) is 0 Å². The lowest BCUT2D eigenvalue weighted by atomic mass is 9.91. The van der Waals surface area contributed by atoms with Crippen LogP contribution >= 0.6 is 0 Å². The Kier molecular flexibility index (Phi) is 28.9. The number of rotatable bonds is 27. The molecule has 240 valence electrons. The molecule has 0 aromatic carbocycles. The van der Waals surface area contributed by atoms with Crippen molar-refractivity contribution >= 4 is 5.97 Å². The van der Waals surface area contributed by atoms with Gasteiger partial charge in [0.1, 0.15) is 6.61 Å². The van der Waals surface area contributed by atoms with Crippen LogP contribution in [0.4, 0.5) is 0 Å². The minimum absolute atomic E-state index is 0.0848. The molecule has 42 heavy (non-hydrogen) atoms. The molecule has 0 unspecified atom stereocenters. The fraction of sp³-hybridized carbons (Fsp3) is 0.675. The normalized spacial score (nSPS) is 14.5. The van der Waals surface area contributed by atoms with Crippen molar-refractivity contribution in [1.82, 2.24) is 0 Å². The number of hydrogen-bond donors (Lipinski definition) is 0. The van der Waals surface area contributed by atoms with E-state index in [9.17, 15) is 4.79 Å². The summed E-state index contributed by atoms with van der Waals surface area (Å²) in [5.41, 5.74) is 1.34. The van der Waals surface area contributed by atoms with Gasteiger partial charge in [-0.25, -0.2) is 0 Å². The molecule has 2 atom stereocenters. The third-order valence-corrected chi connectivity index (χ3v) is 7.73. The molecule has 0 spiro atoms. The van der Waals surface area contributed by atoms with Crippen LogP contribution in [0.2, 0.25) is 0 Å². The van der Waals surface area contributed by atoms with Gasteiger partial charge in [-0.05, 0) is 88.5 Å². The molecule has 0 heterocycles. The van der Waals surface area contributed by atoms with Crippen molar-refractivity contribution in [3.05, 3.63) is 72.4 Å². The predicted octanol–water partition coefficient (Wildman–Crippen LogP) is 12.8. The topological polar surface area (TPSA) is 26.3 Å². The zero-order valence-electron chi connectivity index (χ0n) is 28.6. The monoisotopic (exact) mass is 581 g/mol. The summed E-state index contributed by atoms with van der Waals surface area (Å²) in [6.45, 7) is 14.2. The summed E-state index contributed by atoms with van der Waals surface area (Å²) in [5, 5.41) is 0. The maximum Gasteiger partial charge on any atom is 0.306 e. The van der Waals surface area contributed by atoms with Gasteiger partial charge in [-0.1, -0.05) is 146 Å². The number of esters is 1. The molecule has 0 amide bonds. The van der Waals surface area contributed by atoms with Crippen LogP contribution in [0.15, 0.2) is 72.4 Å². The minimum Gasteiger partial charge on any atom is -0.461 e. The quantitative estimate of drug-likeness (QED) is 0.0548. The van der Waals surface area contributed by atoms with Crippen LogP contribution in [-0.2, 0) is 9.53 Å². The fourth-order valence-electron chi connectivity index (χ4n) is 4.89. The zero-order chi connectivity index (χ0) is 31.1. The summed E-state index contributed by atoms with van der Waals surface area (Å²) in [6, 6.07) is 0. The Labute approximate surface area is 262 Å². The van der Waals surface area contributed by atoms with Crippen molar-refractivity contribution < 1.29 is 9.53 Å². The number of hydrogen-bond acceptors (Lipinski definition) is 2. The lowest BCUT2D eigenvalue weighted by Gasteiger charge is -2.15. The molecule has 0 fully saturated rings. The first-order valence-corrected chi connectivity index (χ1v) is 17.4. The van der Waals surface area contributed by atoms with Gasteiger partial charge in [0.25, 0.3) is 0 Å². The summed E-state index contributed by atoms with van der Waals surface area (Å²) < 4.78 is 5.42. The van der Waals surface area contributed by atoms with E-state index in [1.165, 1.54) is 56.9 Å². The first-order chi connectivity index (χ1) is 20.3. The third-order valence-electron chi connectivity index (χ3n) is 7.73. The van der Waals surface area contributed by atoms with E-state index in [0.29, 0.717) is 13.0 Å². The molecule has 0 rings (SSSR count). The number of carbonyl (C=O) groups is 1. The molecule has 0 bridgehead atoms. The Morgan fingerprint density at radius 1 is 0.595 bits per heavy atom. The molecule has 0 aromatic heterocycles. The summed E-state index contributed by atoms with van der Waals surface area (Å²) >= 11 is 0. The Morgan fingerprint density at radius 3 is 1.60 bits per heavy atom. The van der Waals surface area contributed by atoms with Gasteiger partial charge < -0.3 is 4.74 Å². The molecule has 0 N–H and O–H groups in total. The fourth-order valence-corrected chi connectivity index (χ4v) is 4.89. The highest BCUT2D eigenvalue weighted by atomic mass is 16.5. The van der Waals surface area contributed by atoms with Gasteiger partial charge in [0.15, 0.2) is 0 Å². The van der Waals surface area contributed by atoms with Crippen molar-refractivity contribution in [3.8, 4) is 0 Å². The summed E-state index contributed by atoms with van der Waals surface area (Å²) in [4.78, 5) is 12.0. The van der Waals surface area contributed by atoms with E-state index in [1.807, 2.05) is 0 Å². The van der Waals surface area contributed by atoms with E-state index in [-0.39, 0.29) is 5.97 Å². The van der Waals surface area contributed by atoms with Crippen LogP contribution in [0.25, 0.3) is 0 Å². The first-order valence-electron chi connectivity index (χ1n) is 17.4. The van der Waals surface area contributed by atoms with Crippen LogP contribution in [0.5, 0.6) is 0 Å². The minimum atomic E-state index is -0.0848. The Hall–Kier alpha value is -2.09. The number of carbonyl (C=O) groups excluding carboxylic acids is 1. The van der Waals surface area contributed by atoms with Crippen LogP contribution in [0, 0.1) is 17.8 Å². The average Bonchev–Trinajstić information content (AvgIpc) is 2.94. The van der Waals surface area contributed by atoms with Gasteiger partial charge in [0, 0.05) is 6.42 Å². The second kappa shape index (κ2) is 30.4. The second-order valence-corrected chi connectivity index (χ2v) is 12.7. The lowest BCUT2D eigenvalue weighted by Crippen LogP contribution is -2.04. The molecule has 0 aromatic rings. The number of allylic oxidation sites excluding steroid dienone is 11. The van der Waals surface area contributed by atoms with Gasteiger partial charge in [-0.15, -0.1) is 0 Å². The van der Waals surface area contributed by atoms with E-state index in [4.69, 9.17) is 4.74 Å². The van der Waals surface area contributed by atoms with Crippen LogP contribution in [-0.4, -0.2) is 12.6 Å². The van der Waals surface area contributed by atoms with Gasteiger partial charge in [-0.2, -0.15) is 0 Å². The molecule has 2 heteroatoms. The number of unbranched alkanes of at least 4 members (excludes halogenated alkanes) is 1. The Morgan fingerprint density at radius 2 is 1.07 bits per heavy atom. The summed E-state index contributed by atoms with van der Waals surface area (Å²) in [5.74, 6) is 2.44. The standard InChI is InChI=1S/C40H68O2/c1-7-8-9-10-11-12-13-14-15-16-17-18-19-20-21-22-23-33-40(41)42-35-34-39(6)32-26-31-38(5)30-25-29-37(4)28-24-27-36(2)3/h8-9,11-12,14-15,17-18,20-21,34,36-38H,7,10,13,16,19,22-33,35H2,1-6H3/b9-8-,12-11-,15-14-,18-17-,21-20+,39-34-/t37-,38-/m1/s1. The van der Waals surface area contributed by atoms with E-state index in [1.54, 1.807) is 0 Å². The Balaban J connectivity index is 3.72.